The van der Waals surface area contributed by atoms with Gasteiger partial charge >= 0.3 is 6.18 Å². The van der Waals surface area contributed by atoms with Crippen LogP contribution in [0, 0.1) is 6.92 Å². The Balaban J connectivity index is 1.60. The second kappa shape index (κ2) is 7.70. The zero-order valence-corrected chi connectivity index (χ0v) is 16.0. The fraction of sp³-hybridized carbons (Fsp3) is 0.500. The molecule has 1 fully saturated rings. The summed E-state index contributed by atoms with van der Waals surface area (Å²) in [6, 6.07) is 4.97. The molecule has 0 bridgehead atoms. The van der Waals surface area contributed by atoms with Gasteiger partial charge in [-0.15, -0.1) is 0 Å². The van der Waals surface area contributed by atoms with Crippen LogP contribution in [0.5, 0.6) is 0 Å². The lowest BCUT2D eigenvalue weighted by Crippen LogP contribution is -2.37. The van der Waals surface area contributed by atoms with E-state index in [0.29, 0.717) is 13.2 Å². The number of alkyl halides is 3. The number of hydrogen-bond acceptors (Lipinski definition) is 4. The molecule has 6 nitrogen and oxygen atoms in total. The van der Waals surface area contributed by atoms with E-state index in [0.717, 1.165) is 28.7 Å². The second-order valence-corrected chi connectivity index (χ2v) is 7.60. The van der Waals surface area contributed by atoms with Crippen molar-refractivity contribution < 1.29 is 22.7 Å². The largest absolute Gasteiger partial charge is 0.410 e. The van der Waals surface area contributed by atoms with Crippen LogP contribution in [0.4, 0.5) is 19.0 Å². The summed E-state index contributed by atoms with van der Waals surface area (Å²) in [5.74, 6) is -0.367. The monoisotopic (exact) mass is 408 g/mol. The van der Waals surface area contributed by atoms with Crippen LogP contribution in [0.3, 0.4) is 0 Å². The predicted molar refractivity (Wildman–Crippen MR) is 101 cm³/mol. The highest BCUT2D eigenvalue weighted by Crippen LogP contribution is 2.44. The number of aromatic nitrogens is 2. The van der Waals surface area contributed by atoms with E-state index >= 15 is 0 Å². The number of amides is 1. The molecular weight excluding hydrogens is 385 g/mol. The Morgan fingerprint density at radius 2 is 2.10 bits per heavy atom. The van der Waals surface area contributed by atoms with Crippen LogP contribution >= 0.6 is 0 Å². The minimum absolute atomic E-state index is 0.0541. The van der Waals surface area contributed by atoms with E-state index in [1.54, 1.807) is 0 Å². The van der Waals surface area contributed by atoms with Crippen molar-refractivity contribution in [2.24, 2.45) is 0 Å². The van der Waals surface area contributed by atoms with E-state index in [1.807, 2.05) is 31.2 Å². The van der Waals surface area contributed by atoms with Crippen molar-refractivity contribution in [3.8, 4) is 0 Å². The highest BCUT2D eigenvalue weighted by Gasteiger charge is 2.47. The lowest BCUT2D eigenvalue weighted by atomic mass is 9.96. The van der Waals surface area contributed by atoms with E-state index in [4.69, 9.17) is 4.74 Å². The highest BCUT2D eigenvalue weighted by atomic mass is 19.4. The third-order valence-corrected chi connectivity index (χ3v) is 5.48. The Labute approximate surface area is 166 Å². The number of nitrogens with one attached hydrogen (secondary N) is 2. The first kappa shape index (κ1) is 19.8. The molecule has 4 rings (SSSR count). The quantitative estimate of drug-likeness (QED) is 0.808. The molecule has 1 aromatic heterocycles. The summed E-state index contributed by atoms with van der Waals surface area (Å²) in [6.07, 6.45) is -1.73. The summed E-state index contributed by atoms with van der Waals surface area (Å²) in [4.78, 5) is 12.6. The maximum Gasteiger partial charge on any atom is 0.410 e. The van der Waals surface area contributed by atoms with Gasteiger partial charge in [-0.2, -0.15) is 18.3 Å². The Morgan fingerprint density at radius 3 is 2.76 bits per heavy atom. The second-order valence-electron chi connectivity index (χ2n) is 7.60. The molecule has 0 spiro atoms. The molecule has 2 aliphatic heterocycles. The van der Waals surface area contributed by atoms with E-state index in [2.05, 4.69) is 15.7 Å². The number of carbonyl (C=O) groups is 1. The van der Waals surface area contributed by atoms with Crippen molar-refractivity contribution in [1.82, 2.24) is 15.1 Å². The van der Waals surface area contributed by atoms with Crippen LogP contribution < -0.4 is 10.6 Å². The van der Waals surface area contributed by atoms with Gasteiger partial charge in [-0.25, -0.2) is 4.68 Å². The SMILES string of the molecule is Cc1ccc([C@@H]2C[C@@H](C(F)(F)F)n3ncc(C(=O)NC[C@H]4CCCO4)c3N2)cc1. The maximum atomic E-state index is 13.7. The Morgan fingerprint density at radius 1 is 1.34 bits per heavy atom. The Kier molecular flexibility index (Phi) is 5.24. The van der Waals surface area contributed by atoms with Crippen LogP contribution in [0.1, 0.15) is 52.8 Å². The zero-order valence-electron chi connectivity index (χ0n) is 16.0. The molecule has 0 radical (unpaired) electrons. The van der Waals surface area contributed by atoms with Crippen molar-refractivity contribution in [3.05, 3.63) is 47.2 Å². The van der Waals surface area contributed by atoms with Gasteiger partial charge in [-0.3, -0.25) is 4.79 Å². The Hall–Kier alpha value is -2.55. The smallest absolute Gasteiger partial charge is 0.376 e. The Bertz CT molecular complexity index is 873. The summed E-state index contributed by atoms with van der Waals surface area (Å²) >= 11 is 0. The molecule has 0 saturated carbocycles. The number of halogens is 3. The van der Waals surface area contributed by atoms with Crippen LogP contribution in [-0.2, 0) is 4.74 Å². The average molecular weight is 408 g/mol. The average Bonchev–Trinajstić information content (AvgIpc) is 3.35. The van der Waals surface area contributed by atoms with Gasteiger partial charge in [-0.05, 0) is 25.3 Å². The molecule has 2 aromatic rings. The molecule has 29 heavy (non-hydrogen) atoms. The molecule has 0 unspecified atom stereocenters. The molecule has 3 heterocycles. The predicted octanol–water partition coefficient (Wildman–Crippen LogP) is 3.76. The molecular formula is C20H23F3N4O2. The fourth-order valence-electron chi connectivity index (χ4n) is 3.85. The molecule has 1 amide bonds. The summed E-state index contributed by atoms with van der Waals surface area (Å²) in [5, 5.41) is 9.74. The molecule has 9 heteroatoms. The van der Waals surface area contributed by atoms with Crippen molar-refractivity contribution in [3.63, 3.8) is 0 Å². The van der Waals surface area contributed by atoms with Gasteiger partial charge in [0.1, 0.15) is 11.4 Å². The number of fused-ring (bicyclic) bond motifs is 1. The third-order valence-electron chi connectivity index (χ3n) is 5.48. The van der Waals surface area contributed by atoms with Gasteiger partial charge in [0.15, 0.2) is 6.04 Å². The maximum absolute atomic E-state index is 13.7. The van der Waals surface area contributed by atoms with Gasteiger partial charge in [0.05, 0.1) is 18.3 Å². The number of aryl methyl sites for hydroxylation is 1. The summed E-state index contributed by atoms with van der Waals surface area (Å²) < 4.78 is 47.6. The highest BCUT2D eigenvalue weighted by molar-refractivity contribution is 5.98. The number of benzene rings is 1. The van der Waals surface area contributed by atoms with Crippen molar-refractivity contribution in [2.45, 2.75) is 50.6 Å². The normalized spacial score (nSPS) is 24.1. The van der Waals surface area contributed by atoms with E-state index in [1.165, 1.54) is 6.20 Å². The number of hydrogen-bond donors (Lipinski definition) is 2. The minimum atomic E-state index is -4.47. The first-order valence-electron chi connectivity index (χ1n) is 9.70. The van der Waals surface area contributed by atoms with Gasteiger partial charge in [0.25, 0.3) is 5.91 Å². The summed E-state index contributed by atoms with van der Waals surface area (Å²) in [5.41, 5.74) is 1.87. The van der Waals surface area contributed by atoms with Crippen molar-refractivity contribution in [1.29, 1.82) is 0 Å². The zero-order chi connectivity index (χ0) is 20.6. The van der Waals surface area contributed by atoms with E-state index in [-0.39, 0.29) is 23.9 Å². The van der Waals surface area contributed by atoms with Crippen LogP contribution in [0.2, 0.25) is 0 Å². The molecule has 3 atom stereocenters. The van der Waals surface area contributed by atoms with Crippen molar-refractivity contribution >= 4 is 11.7 Å². The van der Waals surface area contributed by atoms with E-state index in [9.17, 15) is 18.0 Å². The standard InChI is InChI=1S/C20H23F3N4O2/c1-12-4-6-13(7-5-12)16-9-17(20(21,22)23)27-18(26-16)15(11-25-27)19(28)24-10-14-3-2-8-29-14/h4-7,11,14,16-17,26H,2-3,8-10H2,1H3,(H,24,28)/t14-,16+,17+/m1/s1. The van der Waals surface area contributed by atoms with Crippen LogP contribution in [0.15, 0.2) is 30.5 Å². The van der Waals surface area contributed by atoms with E-state index < -0.39 is 24.2 Å². The number of rotatable bonds is 4. The van der Waals surface area contributed by atoms with Crippen LogP contribution in [0.25, 0.3) is 0 Å². The molecule has 0 aliphatic carbocycles. The number of carbonyl (C=O) groups excluding carboxylic acids is 1. The van der Waals surface area contributed by atoms with Gasteiger partial charge in [0, 0.05) is 19.6 Å². The van der Waals surface area contributed by atoms with Crippen molar-refractivity contribution in [2.75, 3.05) is 18.5 Å². The number of anilines is 1. The first-order chi connectivity index (χ1) is 13.8. The lowest BCUT2D eigenvalue weighted by Gasteiger charge is -2.34. The fourth-order valence-corrected chi connectivity index (χ4v) is 3.85. The lowest BCUT2D eigenvalue weighted by molar-refractivity contribution is -0.173. The van der Waals surface area contributed by atoms with Crippen LogP contribution in [-0.4, -0.2) is 41.1 Å². The van der Waals surface area contributed by atoms with Gasteiger partial charge < -0.3 is 15.4 Å². The molecule has 1 saturated heterocycles. The summed E-state index contributed by atoms with van der Waals surface area (Å²) in [6.45, 7) is 2.91. The molecule has 2 N–H and O–H groups in total. The first-order valence-corrected chi connectivity index (χ1v) is 9.70. The topological polar surface area (TPSA) is 68.2 Å². The summed E-state index contributed by atoms with van der Waals surface area (Å²) in [7, 11) is 0. The molecule has 1 aromatic carbocycles. The minimum Gasteiger partial charge on any atom is -0.376 e. The van der Waals surface area contributed by atoms with Gasteiger partial charge in [-0.1, -0.05) is 29.8 Å². The number of nitrogens with zero attached hydrogens (tertiary/aromatic N) is 2. The molecule has 2 aliphatic rings. The number of ether oxygens (including phenoxy) is 1. The van der Waals surface area contributed by atoms with Gasteiger partial charge in [0.2, 0.25) is 0 Å². The molecule has 156 valence electrons. The third kappa shape index (κ3) is 4.10.